The quantitative estimate of drug-likeness (QED) is 0.267. The highest BCUT2D eigenvalue weighted by atomic mass is 35.5. The van der Waals surface area contributed by atoms with E-state index in [2.05, 4.69) is 5.32 Å². The van der Waals surface area contributed by atoms with Gasteiger partial charge < -0.3 is 20.4 Å². The number of aliphatic hydroxyl groups excluding tert-OH is 2. The molecule has 1 fully saturated rings. The molecule has 1 aliphatic heterocycles. The van der Waals surface area contributed by atoms with Crippen molar-refractivity contribution in [1.82, 2.24) is 10.2 Å². The number of carbonyl (C=O) groups is 2. The second kappa shape index (κ2) is 9.69. The van der Waals surface area contributed by atoms with Crippen LogP contribution in [0.25, 0.3) is 5.76 Å². The Hall–Kier alpha value is -2.67. The molecule has 2 aromatic carbocycles. The molecule has 1 amide bonds. The normalized spacial score (nSPS) is 18.4. The molecule has 0 saturated carbocycles. The molecule has 0 aliphatic carbocycles. The fourth-order valence-electron chi connectivity index (χ4n) is 3.43. The highest BCUT2D eigenvalue weighted by Crippen LogP contribution is 2.39. The van der Waals surface area contributed by atoms with Crippen LogP contribution < -0.4 is 5.32 Å². The lowest BCUT2D eigenvalue weighted by Gasteiger charge is -2.25. The number of ketones is 1. The maximum absolute atomic E-state index is 12.8. The summed E-state index contributed by atoms with van der Waals surface area (Å²) in [6.07, 6.45) is 0.600. The first-order chi connectivity index (χ1) is 14.0. The van der Waals surface area contributed by atoms with Crippen LogP contribution in [0, 0.1) is 0 Å². The van der Waals surface area contributed by atoms with E-state index in [4.69, 9.17) is 16.7 Å². The van der Waals surface area contributed by atoms with E-state index < -0.39 is 17.7 Å². The van der Waals surface area contributed by atoms with Gasteiger partial charge >= 0.3 is 0 Å². The highest BCUT2D eigenvalue weighted by Gasteiger charge is 2.45. The van der Waals surface area contributed by atoms with E-state index in [9.17, 15) is 14.7 Å². The van der Waals surface area contributed by atoms with Crippen molar-refractivity contribution in [1.29, 1.82) is 0 Å². The van der Waals surface area contributed by atoms with Gasteiger partial charge in [-0.15, -0.1) is 0 Å². The number of Topliss-reactive ketones (excluding diaryl/α,β-unsaturated/α-hetero) is 1. The molecule has 6 nitrogen and oxygen atoms in total. The van der Waals surface area contributed by atoms with E-state index in [1.807, 2.05) is 6.07 Å². The van der Waals surface area contributed by atoms with Crippen LogP contribution >= 0.6 is 11.6 Å². The van der Waals surface area contributed by atoms with Crippen LogP contribution in [0.15, 0.2) is 60.2 Å². The van der Waals surface area contributed by atoms with Gasteiger partial charge in [-0.1, -0.05) is 54.1 Å². The molecule has 0 spiro atoms. The third-order valence-electron chi connectivity index (χ3n) is 4.81. The van der Waals surface area contributed by atoms with Crippen LogP contribution in [-0.2, 0) is 9.59 Å². The number of likely N-dealkylation sites (tertiary alicyclic amines) is 1. The molecule has 7 heteroatoms. The number of nitrogens with one attached hydrogen (secondary N) is 1. The van der Waals surface area contributed by atoms with Crippen molar-refractivity contribution in [3.63, 3.8) is 0 Å². The van der Waals surface area contributed by atoms with Crippen molar-refractivity contribution < 1.29 is 19.8 Å². The zero-order chi connectivity index (χ0) is 20.8. The third-order valence-corrected chi connectivity index (χ3v) is 5.07. The number of halogens is 1. The van der Waals surface area contributed by atoms with E-state index in [1.54, 1.807) is 48.5 Å². The first-order valence-corrected chi connectivity index (χ1v) is 9.83. The molecule has 0 bridgehead atoms. The second-order valence-corrected chi connectivity index (χ2v) is 7.17. The zero-order valence-corrected chi connectivity index (χ0v) is 16.6. The Bertz CT molecular complexity index is 897. The third kappa shape index (κ3) is 4.67. The molecule has 3 N–H and O–H groups in total. The number of amides is 1. The van der Waals surface area contributed by atoms with Gasteiger partial charge in [0.15, 0.2) is 0 Å². The maximum Gasteiger partial charge on any atom is 0.295 e. The number of benzene rings is 2. The number of carbonyl (C=O) groups excluding carboxylic acids is 2. The molecule has 1 heterocycles. The summed E-state index contributed by atoms with van der Waals surface area (Å²) in [5, 5.41) is 23.3. The highest BCUT2D eigenvalue weighted by molar-refractivity contribution is 6.46. The molecule has 29 heavy (non-hydrogen) atoms. The van der Waals surface area contributed by atoms with Gasteiger partial charge in [0, 0.05) is 23.7 Å². The minimum atomic E-state index is -0.699. The van der Waals surface area contributed by atoms with Crippen LogP contribution in [-0.4, -0.2) is 53.0 Å². The fraction of sp³-hybridized carbons (Fsp3) is 0.273. The Balaban J connectivity index is 1.98. The first kappa shape index (κ1) is 21.0. The molecular formula is C22H23ClN2O4. The molecule has 152 valence electrons. The van der Waals surface area contributed by atoms with Crippen molar-refractivity contribution in [2.45, 2.75) is 12.5 Å². The van der Waals surface area contributed by atoms with Gasteiger partial charge in [0.05, 0.1) is 18.2 Å². The number of hydrogen-bond donors (Lipinski definition) is 3. The number of aliphatic hydroxyl groups is 2. The molecule has 0 unspecified atom stereocenters. The summed E-state index contributed by atoms with van der Waals surface area (Å²) in [6, 6.07) is 14.9. The first-order valence-electron chi connectivity index (χ1n) is 9.45. The molecular weight excluding hydrogens is 392 g/mol. The van der Waals surface area contributed by atoms with Crippen molar-refractivity contribution in [2.75, 3.05) is 26.2 Å². The minimum Gasteiger partial charge on any atom is -0.507 e. The monoisotopic (exact) mass is 414 g/mol. The summed E-state index contributed by atoms with van der Waals surface area (Å²) in [6.45, 7) is 1.43. The van der Waals surface area contributed by atoms with Gasteiger partial charge in [-0.2, -0.15) is 0 Å². The lowest BCUT2D eigenvalue weighted by molar-refractivity contribution is -0.139. The largest absolute Gasteiger partial charge is 0.507 e. The standard InChI is InChI=1S/C22H23ClN2O4/c23-17-9-7-15(8-10-17)19-18(20(27)16-5-2-1-3-6-16)21(28)22(29)25(19)13-4-11-24-12-14-26/h1-3,5-10,19,24,26-27H,4,11-14H2/t19-/m1/s1. The number of nitrogens with zero attached hydrogens (tertiary/aromatic N) is 1. The van der Waals surface area contributed by atoms with Crippen molar-refractivity contribution in [2.24, 2.45) is 0 Å². The summed E-state index contributed by atoms with van der Waals surface area (Å²) < 4.78 is 0. The molecule has 0 radical (unpaired) electrons. The lowest BCUT2D eigenvalue weighted by Crippen LogP contribution is -2.32. The van der Waals surface area contributed by atoms with Crippen molar-refractivity contribution in [3.8, 4) is 0 Å². The van der Waals surface area contributed by atoms with Crippen LogP contribution in [0.1, 0.15) is 23.6 Å². The fourth-order valence-corrected chi connectivity index (χ4v) is 3.56. The second-order valence-electron chi connectivity index (χ2n) is 6.74. The predicted octanol–water partition coefficient (Wildman–Crippen LogP) is 2.73. The van der Waals surface area contributed by atoms with Gasteiger partial charge in [-0.25, -0.2) is 0 Å². The SMILES string of the molecule is O=C1C(=O)N(CCCNCCO)[C@H](c2ccc(Cl)cc2)C1=C(O)c1ccccc1. The Morgan fingerprint density at radius 2 is 1.72 bits per heavy atom. The lowest BCUT2D eigenvalue weighted by atomic mass is 9.95. The molecule has 0 aromatic heterocycles. The maximum atomic E-state index is 12.8. The van der Waals surface area contributed by atoms with E-state index in [1.165, 1.54) is 4.90 Å². The summed E-state index contributed by atoms with van der Waals surface area (Å²) in [5.41, 5.74) is 1.26. The Morgan fingerprint density at radius 3 is 2.38 bits per heavy atom. The number of rotatable bonds is 8. The van der Waals surface area contributed by atoms with E-state index >= 15 is 0 Å². The Morgan fingerprint density at radius 1 is 1.03 bits per heavy atom. The van der Waals surface area contributed by atoms with Gasteiger partial charge in [0.1, 0.15) is 5.76 Å². The van der Waals surface area contributed by atoms with Gasteiger partial charge in [0.25, 0.3) is 11.7 Å². The molecule has 1 atom stereocenters. The molecule has 1 saturated heterocycles. The van der Waals surface area contributed by atoms with Crippen LogP contribution in [0.4, 0.5) is 0 Å². The summed E-state index contributed by atoms with van der Waals surface area (Å²) in [4.78, 5) is 27.1. The average Bonchev–Trinajstić information content (AvgIpc) is 2.99. The minimum absolute atomic E-state index is 0.0341. The summed E-state index contributed by atoms with van der Waals surface area (Å²) >= 11 is 6.00. The Labute approximate surface area is 174 Å². The molecule has 3 rings (SSSR count). The summed E-state index contributed by atoms with van der Waals surface area (Å²) in [7, 11) is 0. The van der Waals surface area contributed by atoms with Crippen LogP contribution in [0.5, 0.6) is 0 Å². The van der Waals surface area contributed by atoms with Crippen molar-refractivity contribution in [3.05, 3.63) is 76.3 Å². The molecule has 1 aliphatic rings. The summed E-state index contributed by atoms with van der Waals surface area (Å²) in [5.74, 6) is -1.52. The van der Waals surface area contributed by atoms with E-state index in [0.29, 0.717) is 42.2 Å². The predicted molar refractivity (Wildman–Crippen MR) is 111 cm³/mol. The van der Waals surface area contributed by atoms with E-state index in [-0.39, 0.29) is 17.9 Å². The topological polar surface area (TPSA) is 89.9 Å². The van der Waals surface area contributed by atoms with Gasteiger partial charge in [0.2, 0.25) is 0 Å². The van der Waals surface area contributed by atoms with Crippen LogP contribution in [0.3, 0.4) is 0 Å². The van der Waals surface area contributed by atoms with Gasteiger partial charge in [-0.3, -0.25) is 9.59 Å². The number of hydrogen-bond acceptors (Lipinski definition) is 5. The average molecular weight is 415 g/mol. The van der Waals surface area contributed by atoms with Crippen molar-refractivity contribution >= 4 is 29.1 Å². The van der Waals surface area contributed by atoms with Gasteiger partial charge in [-0.05, 0) is 30.7 Å². The van der Waals surface area contributed by atoms with E-state index in [0.717, 1.165) is 0 Å². The van der Waals surface area contributed by atoms with Crippen LogP contribution in [0.2, 0.25) is 5.02 Å². The smallest absolute Gasteiger partial charge is 0.295 e. The Kier molecular flexibility index (Phi) is 7.04. The molecule has 2 aromatic rings. The zero-order valence-electron chi connectivity index (χ0n) is 15.8.